The summed E-state index contributed by atoms with van der Waals surface area (Å²) < 4.78 is 0. The molecule has 2 unspecified atom stereocenters. The van der Waals surface area contributed by atoms with Crippen LogP contribution in [-0.4, -0.2) is 48.1 Å². The van der Waals surface area contributed by atoms with Gasteiger partial charge in [0.05, 0.1) is 6.04 Å². The normalized spacial score (nSPS) is 15.1. The van der Waals surface area contributed by atoms with Gasteiger partial charge in [0.1, 0.15) is 0 Å². The summed E-state index contributed by atoms with van der Waals surface area (Å²) in [5.74, 6) is 0.0926. The van der Waals surface area contributed by atoms with Crippen molar-refractivity contribution in [1.82, 2.24) is 15.5 Å². The summed E-state index contributed by atoms with van der Waals surface area (Å²) in [6.07, 6.45) is 0.965. The second-order valence-corrected chi connectivity index (χ2v) is 5.92. The van der Waals surface area contributed by atoms with Crippen LogP contribution in [0.5, 0.6) is 0 Å². The molecule has 0 saturated carbocycles. The molecule has 0 aromatic heterocycles. The first kappa shape index (κ1) is 18.4. The zero-order valence-corrected chi connectivity index (χ0v) is 13.8. The van der Waals surface area contributed by atoms with Crippen LogP contribution in [0.15, 0.2) is 0 Å². The third-order valence-electron chi connectivity index (χ3n) is 3.54. The Morgan fingerprint density at radius 3 is 2.00 bits per heavy atom. The number of nitrogens with zero attached hydrogens (tertiary/aromatic N) is 1. The fraction of sp³-hybridized carbons (Fsp3) is 0.933. The number of hydrogen-bond donors (Lipinski definition) is 2. The van der Waals surface area contributed by atoms with E-state index < -0.39 is 0 Å². The summed E-state index contributed by atoms with van der Waals surface area (Å²) in [5, 5.41) is 6.30. The molecule has 2 atom stereocenters. The number of carbonyl (C=O) groups is 1. The molecule has 0 aromatic carbocycles. The fourth-order valence-electron chi connectivity index (χ4n) is 2.09. The van der Waals surface area contributed by atoms with Gasteiger partial charge in [0.2, 0.25) is 5.91 Å². The lowest BCUT2D eigenvalue weighted by atomic mass is 10.2. The highest BCUT2D eigenvalue weighted by molar-refractivity contribution is 5.81. The summed E-state index contributed by atoms with van der Waals surface area (Å²) in [5.41, 5.74) is 0. The fourth-order valence-corrected chi connectivity index (χ4v) is 2.09. The summed E-state index contributed by atoms with van der Waals surface area (Å²) in [4.78, 5) is 14.3. The van der Waals surface area contributed by atoms with Crippen molar-refractivity contribution in [2.24, 2.45) is 0 Å². The highest BCUT2D eigenvalue weighted by Crippen LogP contribution is 2.03. The van der Waals surface area contributed by atoms with Crippen LogP contribution in [-0.2, 0) is 4.79 Å². The Labute approximate surface area is 119 Å². The molecule has 0 fully saturated rings. The van der Waals surface area contributed by atoms with Gasteiger partial charge in [0.15, 0.2) is 0 Å². The maximum Gasteiger partial charge on any atom is 0.237 e. The van der Waals surface area contributed by atoms with E-state index in [1.165, 1.54) is 0 Å². The second-order valence-electron chi connectivity index (χ2n) is 5.92. The Bertz CT molecular complexity index is 246. The minimum atomic E-state index is -0.129. The molecule has 0 aliphatic heterocycles. The smallest absolute Gasteiger partial charge is 0.237 e. The molecule has 114 valence electrons. The van der Waals surface area contributed by atoms with Gasteiger partial charge in [-0.25, -0.2) is 0 Å². The van der Waals surface area contributed by atoms with Gasteiger partial charge in [-0.1, -0.05) is 6.92 Å². The molecule has 0 heterocycles. The lowest BCUT2D eigenvalue weighted by molar-refractivity contribution is -0.123. The van der Waals surface area contributed by atoms with E-state index in [0.717, 1.165) is 19.5 Å². The average molecular weight is 271 g/mol. The molecule has 0 bridgehead atoms. The molecule has 4 nitrogen and oxygen atoms in total. The topological polar surface area (TPSA) is 44.4 Å². The van der Waals surface area contributed by atoms with Crippen molar-refractivity contribution >= 4 is 5.91 Å². The predicted molar refractivity (Wildman–Crippen MR) is 82.3 cm³/mol. The van der Waals surface area contributed by atoms with Gasteiger partial charge in [-0.3, -0.25) is 9.69 Å². The SMILES string of the molecule is CCC(C)NC(=O)C(C)NCCN(C(C)C)C(C)C. The number of hydrogen-bond acceptors (Lipinski definition) is 3. The molecule has 0 aliphatic carbocycles. The quantitative estimate of drug-likeness (QED) is 0.674. The molecule has 0 radical (unpaired) electrons. The average Bonchev–Trinajstić information content (AvgIpc) is 2.32. The van der Waals surface area contributed by atoms with Crippen LogP contribution in [0.1, 0.15) is 54.9 Å². The van der Waals surface area contributed by atoms with Gasteiger partial charge in [0, 0.05) is 31.2 Å². The number of nitrogens with one attached hydrogen (secondary N) is 2. The molecule has 0 saturated heterocycles. The lowest BCUT2D eigenvalue weighted by Crippen LogP contribution is -2.48. The Kier molecular flexibility index (Phi) is 9.02. The minimum absolute atomic E-state index is 0.0926. The van der Waals surface area contributed by atoms with Crippen molar-refractivity contribution in [1.29, 1.82) is 0 Å². The largest absolute Gasteiger partial charge is 0.352 e. The van der Waals surface area contributed by atoms with Gasteiger partial charge < -0.3 is 10.6 Å². The summed E-state index contributed by atoms with van der Waals surface area (Å²) >= 11 is 0. The van der Waals surface area contributed by atoms with Crippen LogP contribution in [0, 0.1) is 0 Å². The number of amides is 1. The first-order valence-electron chi connectivity index (χ1n) is 7.59. The molecule has 19 heavy (non-hydrogen) atoms. The van der Waals surface area contributed by atoms with E-state index in [2.05, 4.69) is 50.2 Å². The van der Waals surface area contributed by atoms with Gasteiger partial charge >= 0.3 is 0 Å². The zero-order chi connectivity index (χ0) is 15.0. The van der Waals surface area contributed by atoms with Crippen LogP contribution >= 0.6 is 0 Å². The molecular formula is C15H33N3O. The van der Waals surface area contributed by atoms with E-state index >= 15 is 0 Å². The Balaban J connectivity index is 4.02. The Hall–Kier alpha value is -0.610. The van der Waals surface area contributed by atoms with Gasteiger partial charge in [-0.05, 0) is 48.0 Å². The molecule has 0 rings (SSSR count). The van der Waals surface area contributed by atoms with Crippen molar-refractivity contribution in [2.45, 2.75) is 79.1 Å². The van der Waals surface area contributed by atoms with Crippen molar-refractivity contribution in [2.75, 3.05) is 13.1 Å². The van der Waals surface area contributed by atoms with Crippen LogP contribution < -0.4 is 10.6 Å². The maximum absolute atomic E-state index is 11.9. The van der Waals surface area contributed by atoms with Gasteiger partial charge in [0.25, 0.3) is 0 Å². The molecule has 2 N–H and O–H groups in total. The highest BCUT2D eigenvalue weighted by atomic mass is 16.2. The zero-order valence-electron chi connectivity index (χ0n) is 13.8. The maximum atomic E-state index is 11.9. The van der Waals surface area contributed by atoms with Crippen molar-refractivity contribution < 1.29 is 4.79 Å². The molecule has 4 heteroatoms. The van der Waals surface area contributed by atoms with Crippen LogP contribution in [0.25, 0.3) is 0 Å². The number of carbonyl (C=O) groups excluding carboxylic acids is 1. The van der Waals surface area contributed by atoms with E-state index in [1.54, 1.807) is 0 Å². The number of rotatable bonds is 9. The monoisotopic (exact) mass is 271 g/mol. The minimum Gasteiger partial charge on any atom is -0.352 e. The van der Waals surface area contributed by atoms with Crippen molar-refractivity contribution in [3.05, 3.63) is 0 Å². The standard InChI is InChI=1S/C15H33N3O/c1-8-13(6)17-15(19)14(7)16-9-10-18(11(2)3)12(4)5/h11-14,16H,8-10H2,1-7H3,(H,17,19). The van der Waals surface area contributed by atoms with Gasteiger partial charge in [-0.15, -0.1) is 0 Å². The predicted octanol–water partition coefficient (Wildman–Crippen LogP) is 2.00. The second kappa shape index (κ2) is 9.32. The summed E-state index contributed by atoms with van der Waals surface area (Å²) in [6.45, 7) is 16.7. The van der Waals surface area contributed by atoms with E-state index in [4.69, 9.17) is 0 Å². The summed E-state index contributed by atoms with van der Waals surface area (Å²) in [6, 6.07) is 1.19. The van der Waals surface area contributed by atoms with Crippen molar-refractivity contribution in [3.63, 3.8) is 0 Å². The molecule has 1 amide bonds. The highest BCUT2D eigenvalue weighted by Gasteiger charge is 2.16. The Morgan fingerprint density at radius 2 is 1.58 bits per heavy atom. The van der Waals surface area contributed by atoms with Crippen molar-refractivity contribution in [3.8, 4) is 0 Å². The van der Waals surface area contributed by atoms with E-state index in [1.807, 2.05) is 13.8 Å². The molecule has 0 aromatic rings. The third kappa shape index (κ3) is 7.53. The van der Waals surface area contributed by atoms with Crippen LogP contribution in [0.3, 0.4) is 0 Å². The lowest BCUT2D eigenvalue weighted by Gasteiger charge is -2.31. The summed E-state index contributed by atoms with van der Waals surface area (Å²) in [7, 11) is 0. The first-order chi connectivity index (χ1) is 8.79. The first-order valence-corrected chi connectivity index (χ1v) is 7.59. The van der Waals surface area contributed by atoms with E-state index in [0.29, 0.717) is 12.1 Å². The van der Waals surface area contributed by atoms with E-state index in [-0.39, 0.29) is 18.0 Å². The third-order valence-corrected chi connectivity index (χ3v) is 3.54. The van der Waals surface area contributed by atoms with E-state index in [9.17, 15) is 4.79 Å². The van der Waals surface area contributed by atoms with Crippen LogP contribution in [0.4, 0.5) is 0 Å². The van der Waals surface area contributed by atoms with Crippen LogP contribution in [0.2, 0.25) is 0 Å². The van der Waals surface area contributed by atoms with Gasteiger partial charge in [-0.2, -0.15) is 0 Å². The molecule has 0 spiro atoms. The molecule has 0 aliphatic rings. The Morgan fingerprint density at radius 1 is 1.05 bits per heavy atom. The molecular weight excluding hydrogens is 238 g/mol.